The molecule has 208 valence electrons. The van der Waals surface area contributed by atoms with Gasteiger partial charge >= 0.3 is 11.7 Å². The molecule has 5 N–H and O–H groups in total. The molecular weight excluding hydrogens is 508 g/mol. The van der Waals surface area contributed by atoms with Gasteiger partial charge in [0.05, 0.1) is 11.2 Å². The summed E-state index contributed by atoms with van der Waals surface area (Å²) in [6.07, 6.45) is 3.64. The number of nitrogens with two attached hydrogens (primary N) is 2. The van der Waals surface area contributed by atoms with Crippen molar-refractivity contribution in [3.63, 3.8) is 0 Å². The molecule has 2 fully saturated rings. The topological polar surface area (TPSA) is 143 Å². The summed E-state index contributed by atoms with van der Waals surface area (Å²) in [5.41, 5.74) is 12.4. The fourth-order valence-corrected chi connectivity index (χ4v) is 4.80. The molecular formula is C26H39ClN8O3. The van der Waals surface area contributed by atoms with E-state index in [1.54, 1.807) is 35.9 Å². The summed E-state index contributed by atoms with van der Waals surface area (Å²) >= 11 is 0. The Morgan fingerprint density at radius 1 is 1.08 bits per heavy atom. The SMILES string of the molecule is CC1CN(C(=O)Nc2ccn(-c3ccc(CN4CCC(N)CC4)cc3)c(=O)n2)CCN1C(=O)C(C)(C)N.Cl. The highest BCUT2D eigenvalue weighted by Crippen LogP contribution is 2.17. The molecule has 3 heterocycles. The van der Waals surface area contributed by atoms with Crippen LogP contribution < -0.4 is 22.5 Å². The van der Waals surface area contributed by atoms with Gasteiger partial charge in [0.1, 0.15) is 5.82 Å². The molecule has 0 bridgehead atoms. The lowest BCUT2D eigenvalue weighted by Crippen LogP contribution is -2.61. The van der Waals surface area contributed by atoms with Crippen molar-refractivity contribution in [1.29, 1.82) is 0 Å². The number of carbonyl (C=O) groups excluding carboxylic acids is 2. The molecule has 2 aliphatic rings. The van der Waals surface area contributed by atoms with Crippen molar-refractivity contribution in [2.45, 2.75) is 57.8 Å². The first kappa shape index (κ1) is 29.6. The molecule has 0 saturated carbocycles. The second-order valence-corrected chi connectivity index (χ2v) is 10.7. The molecule has 0 spiro atoms. The van der Waals surface area contributed by atoms with E-state index in [0.29, 0.717) is 31.4 Å². The zero-order valence-electron chi connectivity index (χ0n) is 22.3. The Labute approximate surface area is 229 Å². The molecule has 0 radical (unpaired) electrons. The van der Waals surface area contributed by atoms with Crippen molar-refractivity contribution >= 4 is 30.2 Å². The van der Waals surface area contributed by atoms with Gasteiger partial charge in [-0.3, -0.25) is 19.6 Å². The molecule has 1 atom stereocenters. The first-order valence-corrected chi connectivity index (χ1v) is 12.8. The fraction of sp³-hybridized carbons (Fsp3) is 0.538. The van der Waals surface area contributed by atoms with Crippen molar-refractivity contribution in [2.75, 3.05) is 38.0 Å². The summed E-state index contributed by atoms with van der Waals surface area (Å²) in [5, 5.41) is 2.70. The van der Waals surface area contributed by atoms with Crippen LogP contribution in [0.3, 0.4) is 0 Å². The van der Waals surface area contributed by atoms with Crippen LogP contribution in [0.2, 0.25) is 0 Å². The van der Waals surface area contributed by atoms with Crippen LogP contribution in [-0.4, -0.2) is 86.5 Å². The maximum Gasteiger partial charge on any atom is 0.354 e. The number of benzene rings is 1. The average Bonchev–Trinajstić information content (AvgIpc) is 2.85. The predicted molar refractivity (Wildman–Crippen MR) is 150 cm³/mol. The van der Waals surface area contributed by atoms with E-state index < -0.39 is 11.2 Å². The standard InChI is InChI=1S/C26H38N8O3.ClH/c1-18-16-32(14-15-33(18)23(35)26(2,3)28)24(36)29-22-10-13-34(25(37)30-22)21-6-4-19(5-7-21)17-31-11-8-20(27)9-12-31;/h4-7,10,13,18,20H,8-9,11-12,14-17,27-28H2,1-3H3,(H,29,30,36,37);1H. The average molecular weight is 547 g/mol. The van der Waals surface area contributed by atoms with E-state index in [0.717, 1.165) is 32.5 Å². The van der Waals surface area contributed by atoms with Crippen LogP contribution in [0.25, 0.3) is 5.69 Å². The Bertz CT molecular complexity index is 1170. The summed E-state index contributed by atoms with van der Waals surface area (Å²) in [4.78, 5) is 47.8. The number of anilines is 1. The highest BCUT2D eigenvalue weighted by molar-refractivity contribution is 5.89. The van der Waals surface area contributed by atoms with Gasteiger partial charge in [-0.25, -0.2) is 9.59 Å². The third kappa shape index (κ3) is 7.10. The van der Waals surface area contributed by atoms with Crippen molar-refractivity contribution < 1.29 is 9.59 Å². The van der Waals surface area contributed by atoms with Gasteiger partial charge < -0.3 is 21.3 Å². The Morgan fingerprint density at radius 2 is 1.74 bits per heavy atom. The van der Waals surface area contributed by atoms with Crippen molar-refractivity contribution in [3.8, 4) is 5.69 Å². The van der Waals surface area contributed by atoms with Gasteiger partial charge in [-0.2, -0.15) is 4.98 Å². The van der Waals surface area contributed by atoms with E-state index in [1.165, 1.54) is 10.1 Å². The quantitative estimate of drug-likeness (QED) is 0.514. The number of hydrogen-bond donors (Lipinski definition) is 3. The lowest BCUT2D eigenvalue weighted by atomic mass is 10.0. The summed E-state index contributed by atoms with van der Waals surface area (Å²) in [6, 6.07) is 9.20. The number of carbonyl (C=O) groups is 2. The second kappa shape index (κ2) is 12.2. The molecule has 1 aromatic heterocycles. The van der Waals surface area contributed by atoms with Gasteiger partial charge in [0.25, 0.3) is 0 Å². The molecule has 11 nitrogen and oxygen atoms in total. The zero-order valence-corrected chi connectivity index (χ0v) is 23.1. The lowest BCUT2D eigenvalue weighted by molar-refractivity contribution is -0.139. The number of rotatable bonds is 5. The number of amides is 3. The van der Waals surface area contributed by atoms with Crippen molar-refractivity contribution in [3.05, 3.63) is 52.6 Å². The second-order valence-electron chi connectivity index (χ2n) is 10.7. The lowest BCUT2D eigenvalue weighted by Gasteiger charge is -2.42. The fourth-order valence-electron chi connectivity index (χ4n) is 4.80. The highest BCUT2D eigenvalue weighted by atomic mass is 35.5. The zero-order chi connectivity index (χ0) is 26.7. The van der Waals surface area contributed by atoms with Crippen LogP contribution in [0.5, 0.6) is 0 Å². The van der Waals surface area contributed by atoms with E-state index in [2.05, 4.69) is 15.2 Å². The Balaban J connectivity index is 0.00000400. The molecule has 1 aromatic carbocycles. The van der Waals surface area contributed by atoms with E-state index in [4.69, 9.17) is 11.5 Å². The summed E-state index contributed by atoms with van der Waals surface area (Å²) in [5.74, 6) is 0.0371. The normalized spacial score (nSPS) is 19.1. The molecule has 2 saturated heterocycles. The van der Waals surface area contributed by atoms with Gasteiger partial charge in [-0.05, 0) is 70.5 Å². The Kier molecular flexibility index (Phi) is 9.53. The van der Waals surface area contributed by atoms with Crippen LogP contribution in [0.1, 0.15) is 39.2 Å². The number of nitrogens with zero attached hydrogens (tertiary/aromatic N) is 5. The van der Waals surface area contributed by atoms with E-state index in [-0.39, 0.29) is 36.2 Å². The number of nitrogens with one attached hydrogen (secondary N) is 1. The van der Waals surface area contributed by atoms with E-state index >= 15 is 0 Å². The van der Waals surface area contributed by atoms with Gasteiger partial charge in [0.15, 0.2) is 0 Å². The smallest absolute Gasteiger partial charge is 0.335 e. The Morgan fingerprint density at radius 3 is 2.32 bits per heavy atom. The molecule has 12 heteroatoms. The maximum atomic E-state index is 12.8. The maximum absolute atomic E-state index is 12.8. The van der Waals surface area contributed by atoms with Gasteiger partial charge in [0, 0.05) is 44.5 Å². The Hall–Kier alpha value is -2.99. The number of halogens is 1. The first-order valence-electron chi connectivity index (χ1n) is 12.8. The summed E-state index contributed by atoms with van der Waals surface area (Å²) in [7, 11) is 0. The minimum absolute atomic E-state index is 0. The number of urea groups is 1. The van der Waals surface area contributed by atoms with Crippen LogP contribution >= 0.6 is 12.4 Å². The van der Waals surface area contributed by atoms with E-state index in [1.807, 2.05) is 31.2 Å². The van der Waals surface area contributed by atoms with Crippen molar-refractivity contribution in [1.82, 2.24) is 24.3 Å². The molecule has 2 aromatic rings. The summed E-state index contributed by atoms with van der Waals surface area (Å²) < 4.78 is 1.44. The van der Waals surface area contributed by atoms with Gasteiger partial charge in [-0.15, -0.1) is 12.4 Å². The summed E-state index contributed by atoms with van der Waals surface area (Å²) in [6.45, 7) is 9.21. The number of piperidine rings is 1. The van der Waals surface area contributed by atoms with Crippen LogP contribution in [-0.2, 0) is 11.3 Å². The molecule has 1 unspecified atom stereocenters. The number of hydrogen-bond acceptors (Lipinski definition) is 7. The number of piperazine rings is 1. The molecule has 4 rings (SSSR count). The minimum Gasteiger partial charge on any atom is -0.335 e. The number of aromatic nitrogens is 2. The third-order valence-corrected chi connectivity index (χ3v) is 7.02. The van der Waals surface area contributed by atoms with Crippen LogP contribution in [0.15, 0.2) is 41.3 Å². The first-order chi connectivity index (χ1) is 17.5. The van der Waals surface area contributed by atoms with E-state index in [9.17, 15) is 14.4 Å². The molecule has 3 amide bonds. The molecule has 2 aliphatic heterocycles. The number of likely N-dealkylation sites (tertiary alicyclic amines) is 1. The largest absolute Gasteiger partial charge is 0.354 e. The van der Waals surface area contributed by atoms with Gasteiger partial charge in [0.2, 0.25) is 5.91 Å². The van der Waals surface area contributed by atoms with Crippen LogP contribution in [0, 0.1) is 0 Å². The van der Waals surface area contributed by atoms with Crippen molar-refractivity contribution in [2.24, 2.45) is 11.5 Å². The highest BCUT2D eigenvalue weighted by Gasteiger charge is 2.35. The molecule has 0 aliphatic carbocycles. The molecule has 38 heavy (non-hydrogen) atoms. The van der Waals surface area contributed by atoms with Gasteiger partial charge in [-0.1, -0.05) is 12.1 Å². The monoisotopic (exact) mass is 546 g/mol. The predicted octanol–water partition coefficient (Wildman–Crippen LogP) is 1.38. The third-order valence-electron chi connectivity index (χ3n) is 7.02. The minimum atomic E-state index is -0.963. The van der Waals surface area contributed by atoms with Crippen LogP contribution in [0.4, 0.5) is 10.6 Å².